The topological polar surface area (TPSA) is 77.9 Å². The molecule has 0 radical (unpaired) electrons. The van der Waals surface area contributed by atoms with E-state index in [1.807, 2.05) is 6.92 Å². The Morgan fingerprint density at radius 1 is 1.39 bits per heavy atom. The number of sulfonamides is 1. The quantitative estimate of drug-likeness (QED) is 0.868. The van der Waals surface area contributed by atoms with Crippen LogP contribution < -0.4 is 0 Å². The van der Waals surface area contributed by atoms with Crippen molar-refractivity contribution in [1.29, 1.82) is 0 Å². The minimum absolute atomic E-state index is 0.123. The minimum Gasteiger partial charge on any atom is -0.391 e. The minimum atomic E-state index is -3.43. The van der Waals surface area contributed by atoms with Crippen LogP contribution in [0, 0.1) is 12.8 Å². The molecule has 8 heteroatoms. The number of hydrogen-bond acceptors (Lipinski definition) is 4. The monoisotopic (exact) mass is 360 g/mol. The van der Waals surface area contributed by atoms with E-state index in [4.69, 9.17) is 11.6 Å². The Bertz CT molecular complexity index is 705. The van der Waals surface area contributed by atoms with Crippen molar-refractivity contribution in [1.82, 2.24) is 9.21 Å². The summed E-state index contributed by atoms with van der Waals surface area (Å²) in [5.41, 5.74) is 1.26. The number of likely N-dealkylation sites (tertiary alicyclic amines) is 1. The number of hydrogen-bond donors (Lipinski definition) is 1. The molecule has 1 saturated heterocycles. The van der Waals surface area contributed by atoms with Crippen LogP contribution in [0.25, 0.3) is 0 Å². The maximum Gasteiger partial charge on any atom is 0.254 e. The van der Waals surface area contributed by atoms with Gasteiger partial charge in [0.2, 0.25) is 10.0 Å². The number of carbonyl (C=O) groups is 1. The standard InChI is InChI=1S/C15H21ClN2O4S/c1-10-4-5-12(16)6-13(10)15(20)18-7-11(14(19)8-18)9-23(21,22)17(2)3/h4-6,11,14,19H,7-9H2,1-3H3/t11-,14+/m0/s1. The van der Waals surface area contributed by atoms with Crippen LogP contribution in [0.15, 0.2) is 18.2 Å². The van der Waals surface area contributed by atoms with E-state index in [-0.39, 0.29) is 24.7 Å². The Labute approximate surface area is 141 Å². The first-order chi connectivity index (χ1) is 10.6. The smallest absolute Gasteiger partial charge is 0.254 e. The fraction of sp³-hybridized carbons (Fsp3) is 0.533. The van der Waals surface area contributed by atoms with E-state index in [1.54, 1.807) is 18.2 Å². The number of amides is 1. The van der Waals surface area contributed by atoms with E-state index >= 15 is 0 Å². The molecule has 0 unspecified atom stereocenters. The van der Waals surface area contributed by atoms with Gasteiger partial charge in [-0.05, 0) is 24.6 Å². The molecule has 1 aromatic rings. The highest BCUT2D eigenvalue weighted by Crippen LogP contribution is 2.24. The van der Waals surface area contributed by atoms with Gasteiger partial charge >= 0.3 is 0 Å². The zero-order valence-corrected chi connectivity index (χ0v) is 14.9. The molecule has 1 N–H and O–H groups in total. The number of nitrogens with zero attached hydrogens (tertiary/aromatic N) is 2. The van der Waals surface area contributed by atoms with Crippen molar-refractivity contribution in [2.45, 2.75) is 13.0 Å². The summed E-state index contributed by atoms with van der Waals surface area (Å²) in [6.45, 7) is 2.14. The predicted molar refractivity (Wildman–Crippen MR) is 89.1 cm³/mol. The number of aliphatic hydroxyl groups is 1. The van der Waals surface area contributed by atoms with Gasteiger partial charge in [0.15, 0.2) is 0 Å². The molecule has 0 spiro atoms. The molecule has 0 bridgehead atoms. The van der Waals surface area contributed by atoms with Gasteiger partial charge in [0, 0.05) is 43.7 Å². The highest BCUT2D eigenvalue weighted by molar-refractivity contribution is 7.89. The second-order valence-electron chi connectivity index (χ2n) is 6.06. The van der Waals surface area contributed by atoms with Gasteiger partial charge in [0.1, 0.15) is 0 Å². The summed E-state index contributed by atoms with van der Waals surface area (Å²) in [6, 6.07) is 5.06. The lowest BCUT2D eigenvalue weighted by Crippen LogP contribution is -2.33. The molecule has 2 rings (SSSR count). The Morgan fingerprint density at radius 2 is 2.04 bits per heavy atom. The lowest BCUT2D eigenvalue weighted by atomic mass is 10.1. The number of benzene rings is 1. The molecular weight excluding hydrogens is 340 g/mol. The average Bonchev–Trinajstić information content (AvgIpc) is 2.81. The van der Waals surface area contributed by atoms with Gasteiger partial charge in [0.25, 0.3) is 5.91 Å². The van der Waals surface area contributed by atoms with Crippen LogP contribution in [0.2, 0.25) is 5.02 Å². The van der Waals surface area contributed by atoms with E-state index in [9.17, 15) is 18.3 Å². The third-order valence-electron chi connectivity index (χ3n) is 4.10. The maximum atomic E-state index is 12.6. The van der Waals surface area contributed by atoms with Crippen molar-refractivity contribution in [2.75, 3.05) is 32.9 Å². The normalized spacial score (nSPS) is 21.9. The maximum absolute atomic E-state index is 12.6. The van der Waals surface area contributed by atoms with E-state index in [0.717, 1.165) is 9.87 Å². The highest BCUT2D eigenvalue weighted by atomic mass is 35.5. The predicted octanol–water partition coefficient (Wildman–Crippen LogP) is 0.973. The van der Waals surface area contributed by atoms with Crippen LogP contribution in [-0.2, 0) is 10.0 Å². The van der Waals surface area contributed by atoms with E-state index in [1.165, 1.54) is 19.0 Å². The first kappa shape index (κ1) is 18.2. The summed E-state index contributed by atoms with van der Waals surface area (Å²) in [5, 5.41) is 10.6. The van der Waals surface area contributed by atoms with Crippen LogP contribution in [0.5, 0.6) is 0 Å². The number of carbonyl (C=O) groups excluding carboxylic acids is 1. The molecule has 1 heterocycles. The fourth-order valence-electron chi connectivity index (χ4n) is 2.60. The zero-order valence-electron chi connectivity index (χ0n) is 13.4. The summed E-state index contributed by atoms with van der Waals surface area (Å²) in [4.78, 5) is 14.1. The molecule has 23 heavy (non-hydrogen) atoms. The molecule has 0 aliphatic carbocycles. The summed E-state index contributed by atoms with van der Waals surface area (Å²) < 4.78 is 25.1. The molecule has 2 atom stereocenters. The van der Waals surface area contributed by atoms with Crippen LogP contribution in [0.1, 0.15) is 15.9 Å². The summed E-state index contributed by atoms with van der Waals surface area (Å²) >= 11 is 5.94. The average molecular weight is 361 g/mol. The molecular formula is C15H21ClN2O4S. The zero-order chi connectivity index (χ0) is 17.4. The largest absolute Gasteiger partial charge is 0.391 e. The molecule has 1 aliphatic heterocycles. The van der Waals surface area contributed by atoms with Crippen molar-refractivity contribution < 1.29 is 18.3 Å². The highest BCUT2D eigenvalue weighted by Gasteiger charge is 2.37. The Hall–Kier alpha value is -1.15. The second kappa shape index (κ2) is 6.76. The summed E-state index contributed by atoms with van der Waals surface area (Å²) in [6.07, 6.45) is -0.854. The molecule has 0 saturated carbocycles. The van der Waals surface area contributed by atoms with Gasteiger partial charge in [-0.25, -0.2) is 12.7 Å². The van der Waals surface area contributed by atoms with Gasteiger partial charge in [-0.2, -0.15) is 0 Å². The summed E-state index contributed by atoms with van der Waals surface area (Å²) in [5.74, 6) is -0.918. The molecule has 1 aliphatic rings. The van der Waals surface area contributed by atoms with Gasteiger partial charge in [-0.1, -0.05) is 17.7 Å². The third kappa shape index (κ3) is 4.03. The number of aryl methyl sites for hydroxylation is 1. The Kier molecular flexibility index (Phi) is 5.35. The number of rotatable bonds is 4. The lowest BCUT2D eigenvalue weighted by Gasteiger charge is -2.18. The Morgan fingerprint density at radius 3 is 2.65 bits per heavy atom. The van der Waals surface area contributed by atoms with Gasteiger partial charge in [-0.15, -0.1) is 0 Å². The molecule has 128 valence electrons. The molecule has 0 aromatic heterocycles. The molecule has 1 aromatic carbocycles. The van der Waals surface area contributed by atoms with Crippen molar-refractivity contribution >= 4 is 27.5 Å². The first-order valence-electron chi connectivity index (χ1n) is 7.25. The van der Waals surface area contributed by atoms with Crippen molar-refractivity contribution in [3.8, 4) is 0 Å². The van der Waals surface area contributed by atoms with E-state index in [2.05, 4.69) is 0 Å². The first-order valence-corrected chi connectivity index (χ1v) is 9.24. The second-order valence-corrected chi connectivity index (χ2v) is 8.72. The number of β-amino-alcohol motifs (C(OH)–C–C–N with tert-alkyl or cyclic N) is 1. The van der Waals surface area contributed by atoms with Crippen LogP contribution in [0.4, 0.5) is 0 Å². The molecule has 1 fully saturated rings. The lowest BCUT2D eigenvalue weighted by molar-refractivity contribution is 0.0764. The van der Waals surface area contributed by atoms with Crippen LogP contribution in [0.3, 0.4) is 0 Å². The van der Waals surface area contributed by atoms with Crippen LogP contribution >= 0.6 is 11.6 Å². The molecule has 1 amide bonds. The SMILES string of the molecule is Cc1ccc(Cl)cc1C(=O)N1C[C@@H](CS(=O)(=O)N(C)C)[C@H](O)C1. The third-order valence-corrected chi connectivity index (χ3v) is 6.30. The fourth-order valence-corrected chi connectivity index (χ4v) is 3.94. The molecule has 6 nitrogen and oxygen atoms in total. The van der Waals surface area contributed by atoms with Crippen molar-refractivity contribution in [3.05, 3.63) is 34.3 Å². The number of halogens is 1. The van der Waals surface area contributed by atoms with E-state index in [0.29, 0.717) is 10.6 Å². The van der Waals surface area contributed by atoms with Crippen LogP contribution in [-0.4, -0.2) is 67.7 Å². The van der Waals surface area contributed by atoms with Gasteiger partial charge in [0.05, 0.1) is 11.9 Å². The van der Waals surface area contributed by atoms with Crippen molar-refractivity contribution in [3.63, 3.8) is 0 Å². The van der Waals surface area contributed by atoms with Gasteiger partial charge in [-0.3, -0.25) is 4.79 Å². The van der Waals surface area contributed by atoms with E-state index < -0.39 is 22.0 Å². The summed E-state index contributed by atoms with van der Waals surface area (Å²) in [7, 11) is -0.522. The van der Waals surface area contributed by atoms with Gasteiger partial charge < -0.3 is 10.0 Å². The Balaban J connectivity index is 2.15. The number of aliphatic hydroxyl groups excluding tert-OH is 1. The van der Waals surface area contributed by atoms with Crippen molar-refractivity contribution in [2.24, 2.45) is 5.92 Å².